The topological polar surface area (TPSA) is 40.5 Å². The summed E-state index contributed by atoms with van der Waals surface area (Å²) in [6, 6.07) is 3.00. The number of hydrogen-bond donors (Lipinski definition) is 1. The fourth-order valence-electron chi connectivity index (χ4n) is 1.32. The maximum absolute atomic E-state index is 12.9. The summed E-state index contributed by atoms with van der Waals surface area (Å²) >= 11 is 0. The van der Waals surface area contributed by atoms with Crippen molar-refractivity contribution in [1.29, 1.82) is 0 Å². The van der Waals surface area contributed by atoms with Crippen LogP contribution in [-0.2, 0) is 4.79 Å². The molecule has 0 aliphatic heterocycles. The molecule has 0 aliphatic carbocycles. The molecular weight excluding hydrogens is 240 g/mol. The molecular formula is C13H15F2NO2. The number of carbonyl (C=O) groups is 1. The first-order chi connectivity index (χ1) is 8.41. The fourth-order valence-corrected chi connectivity index (χ4v) is 1.32. The van der Waals surface area contributed by atoms with Crippen LogP contribution < -0.4 is 0 Å². The molecule has 0 heterocycles. The summed E-state index contributed by atoms with van der Waals surface area (Å²) < 4.78 is 25.6. The number of nitrogens with zero attached hydrogens (tertiary/aromatic N) is 1. The van der Waals surface area contributed by atoms with Crippen molar-refractivity contribution in [2.24, 2.45) is 0 Å². The highest BCUT2D eigenvalue weighted by Crippen LogP contribution is 2.10. The smallest absolute Gasteiger partial charge is 0.320 e. The van der Waals surface area contributed by atoms with Crippen molar-refractivity contribution in [3.05, 3.63) is 41.5 Å². The highest BCUT2D eigenvalue weighted by atomic mass is 19.2. The summed E-state index contributed by atoms with van der Waals surface area (Å²) in [6.45, 7) is 1.99. The van der Waals surface area contributed by atoms with E-state index in [2.05, 4.69) is 0 Å². The minimum atomic E-state index is -0.904. The van der Waals surface area contributed by atoms with E-state index in [0.29, 0.717) is 12.1 Å². The Balaban J connectivity index is 2.59. The van der Waals surface area contributed by atoms with Crippen molar-refractivity contribution in [3.8, 4) is 0 Å². The molecule has 0 radical (unpaired) electrons. The average molecular weight is 255 g/mol. The Bertz CT molecular complexity index is 460. The van der Waals surface area contributed by atoms with Crippen molar-refractivity contribution < 1.29 is 18.7 Å². The molecule has 3 nitrogen and oxygen atoms in total. The van der Waals surface area contributed by atoms with Crippen molar-refractivity contribution in [2.45, 2.75) is 13.0 Å². The molecule has 0 saturated heterocycles. The lowest BCUT2D eigenvalue weighted by Gasteiger charge is -2.18. The van der Waals surface area contributed by atoms with Crippen molar-refractivity contribution in [3.63, 3.8) is 0 Å². The molecule has 0 amide bonds. The second-order valence-electron chi connectivity index (χ2n) is 4.03. The molecule has 5 heteroatoms. The van der Waals surface area contributed by atoms with Crippen LogP contribution in [-0.4, -0.2) is 35.6 Å². The van der Waals surface area contributed by atoms with Gasteiger partial charge in [0, 0.05) is 6.54 Å². The van der Waals surface area contributed by atoms with Crippen LogP contribution in [0.25, 0.3) is 6.08 Å². The molecule has 1 unspecified atom stereocenters. The summed E-state index contributed by atoms with van der Waals surface area (Å²) in [6.07, 6.45) is 3.32. The second-order valence-corrected chi connectivity index (χ2v) is 4.03. The van der Waals surface area contributed by atoms with E-state index in [4.69, 9.17) is 5.11 Å². The quantitative estimate of drug-likeness (QED) is 0.878. The van der Waals surface area contributed by atoms with E-state index in [0.717, 1.165) is 12.1 Å². The van der Waals surface area contributed by atoms with Gasteiger partial charge < -0.3 is 5.11 Å². The monoisotopic (exact) mass is 255 g/mol. The number of carboxylic acids is 1. The number of hydrogen-bond acceptors (Lipinski definition) is 2. The Morgan fingerprint density at radius 2 is 2.11 bits per heavy atom. The molecule has 1 rings (SSSR count). The summed E-state index contributed by atoms with van der Waals surface area (Å²) in [4.78, 5) is 12.3. The first-order valence-electron chi connectivity index (χ1n) is 5.46. The van der Waals surface area contributed by atoms with E-state index >= 15 is 0 Å². The molecule has 1 N–H and O–H groups in total. The third-order valence-electron chi connectivity index (χ3n) is 2.67. The van der Waals surface area contributed by atoms with E-state index in [-0.39, 0.29) is 0 Å². The van der Waals surface area contributed by atoms with Gasteiger partial charge in [0.2, 0.25) is 0 Å². The molecule has 0 aliphatic rings. The summed E-state index contributed by atoms with van der Waals surface area (Å²) in [5.41, 5.74) is 0.533. The molecule has 0 aromatic heterocycles. The first kappa shape index (κ1) is 14.3. The number of aliphatic carboxylic acids is 1. The van der Waals surface area contributed by atoms with E-state index < -0.39 is 23.6 Å². The maximum atomic E-state index is 12.9. The number of halogens is 2. The van der Waals surface area contributed by atoms with E-state index in [9.17, 15) is 13.6 Å². The number of likely N-dealkylation sites (N-methyl/N-ethyl adjacent to an activating group) is 1. The summed E-state index contributed by atoms with van der Waals surface area (Å²) in [7, 11) is 1.67. The number of carboxylic acid groups (broad SMARTS) is 1. The van der Waals surface area contributed by atoms with Gasteiger partial charge in [-0.15, -0.1) is 0 Å². The third-order valence-corrected chi connectivity index (χ3v) is 2.67. The predicted octanol–water partition coefficient (Wildman–Crippen LogP) is 2.38. The van der Waals surface area contributed by atoms with Gasteiger partial charge in [-0.1, -0.05) is 18.2 Å². The van der Waals surface area contributed by atoms with Crippen LogP contribution in [0.3, 0.4) is 0 Å². The lowest BCUT2D eigenvalue weighted by Crippen LogP contribution is -2.35. The van der Waals surface area contributed by atoms with Crippen LogP contribution in [0.5, 0.6) is 0 Å². The molecule has 0 fully saturated rings. The van der Waals surface area contributed by atoms with Crippen LogP contribution in [0.15, 0.2) is 24.3 Å². The minimum absolute atomic E-state index is 0.409. The van der Waals surface area contributed by atoms with Crippen molar-refractivity contribution in [1.82, 2.24) is 4.90 Å². The molecule has 1 aromatic rings. The van der Waals surface area contributed by atoms with Gasteiger partial charge in [0.25, 0.3) is 0 Å². The second kappa shape index (κ2) is 6.26. The number of benzene rings is 1. The van der Waals surface area contributed by atoms with Crippen molar-refractivity contribution >= 4 is 12.0 Å². The van der Waals surface area contributed by atoms with Crippen molar-refractivity contribution in [2.75, 3.05) is 13.6 Å². The van der Waals surface area contributed by atoms with Gasteiger partial charge in [-0.25, -0.2) is 8.78 Å². The maximum Gasteiger partial charge on any atom is 0.320 e. The van der Waals surface area contributed by atoms with Gasteiger partial charge in [-0.05, 0) is 31.7 Å². The highest BCUT2D eigenvalue weighted by Gasteiger charge is 2.14. The minimum Gasteiger partial charge on any atom is -0.480 e. The Hall–Kier alpha value is -1.75. The molecule has 18 heavy (non-hydrogen) atoms. The van der Waals surface area contributed by atoms with Crippen LogP contribution in [0.4, 0.5) is 8.78 Å². The number of rotatable bonds is 5. The van der Waals surface area contributed by atoms with Crippen LogP contribution in [0.2, 0.25) is 0 Å². The first-order valence-corrected chi connectivity index (χ1v) is 5.46. The van der Waals surface area contributed by atoms with Gasteiger partial charge in [-0.2, -0.15) is 0 Å². The summed E-state index contributed by atoms with van der Waals surface area (Å²) in [5, 5.41) is 8.78. The zero-order valence-corrected chi connectivity index (χ0v) is 10.2. The Kier molecular flexibility index (Phi) is 4.97. The molecule has 1 aromatic carbocycles. The zero-order valence-electron chi connectivity index (χ0n) is 10.2. The van der Waals surface area contributed by atoms with Gasteiger partial charge in [0.1, 0.15) is 6.04 Å². The predicted molar refractivity (Wildman–Crippen MR) is 65.1 cm³/mol. The van der Waals surface area contributed by atoms with Gasteiger partial charge in [-0.3, -0.25) is 9.69 Å². The van der Waals surface area contributed by atoms with Crippen LogP contribution in [0.1, 0.15) is 12.5 Å². The van der Waals surface area contributed by atoms with Crippen LogP contribution in [0, 0.1) is 11.6 Å². The van der Waals surface area contributed by atoms with Gasteiger partial charge >= 0.3 is 5.97 Å². The standard InChI is InChI=1S/C13H15F2NO2/c1-9(13(17)18)16(2)7-3-4-10-5-6-11(14)12(15)8-10/h3-6,8-9H,7H2,1-2H3,(H,17,18)/b4-3+. The normalized spacial score (nSPS) is 13.2. The fraction of sp³-hybridized carbons (Fsp3) is 0.308. The van der Waals surface area contributed by atoms with E-state index in [1.807, 2.05) is 0 Å². The zero-order chi connectivity index (χ0) is 13.7. The molecule has 0 spiro atoms. The highest BCUT2D eigenvalue weighted by molar-refractivity contribution is 5.72. The van der Waals surface area contributed by atoms with Gasteiger partial charge in [0.15, 0.2) is 11.6 Å². The molecule has 0 saturated carbocycles. The third kappa shape index (κ3) is 3.92. The molecule has 98 valence electrons. The Morgan fingerprint density at radius 1 is 1.44 bits per heavy atom. The Morgan fingerprint density at radius 3 is 2.67 bits per heavy atom. The SMILES string of the molecule is CC(C(=O)O)N(C)C/C=C/c1ccc(F)c(F)c1. The van der Waals surface area contributed by atoms with Gasteiger partial charge in [0.05, 0.1) is 0 Å². The lowest BCUT2D eigenvalue weighted by molar-refractivity contribution is -0.141. The average Bonchev–Trinajstić information content (AvgIpc) is 2.32. The largest absolute Gasteiger partial charge is 0.480 e. The summed E-state index contributed by atoms with van der Waals surface area (Å²) in [5.74, 6) is -2.69. The molecule has 0 bridgehead atoms. The Labute approximate surface area is 104 Å². The van der Waals surface area contributed by atoms with Crippen LogP contribution >= 0.6 is 0 Å². The van der Waals surface area contributed by atoms with E-state index in [1.165, 1.54) is 6.07 Å². The van der Waals surface area contributed by atoms with E-state index in [1.54, 1.807) is 31.0 Å². The molecule has 1 atom stereocenters. The lowest BCUT2D eigenvalue weighted by atomic mass is 10.2.